The minimum atomic E-state index is 0.749. The number of hydrogen-bond donors (Lipinski definition) is 1. The summed E-state index contributed by atoms with van der Waals surface area (Å²) in [5.74, 6) is 0.888. The molecule has 3 heterocycles. The maximum absolute atomic E-state index is 4.35. The third-order valence-corrected chi connectivity index (χ3v) is 4.28. The molecule has 2 atom stereocenters. The van der Waals surface area contributed by atoms with Crippen LogP contribution in [-0.4, -0.2) is 35.6 Å². The first-order chi connectivity index (χ1) is 7.42. The number of nitrogens with zero attached hydrogens (tertiary/aromatic N) is 2. The van der Waals surface area contributed by atoms with Gasteiger partial charge in [0.2, 0.25) is 0 Å². The molecule has 3 nitrogen and oxygen atoms in total. The van der Waals surface area contributed by atoms with E-state index in [-0.39, 0.29) is 0 Å². The Morgan fingerprint density at radius 1 is 1.53 bits per heavy atom. The van der Waals surface area contributed by atoms with Gasteiger partial charge in [0.05, 0.1) is 6.54 Å². The van der Waals surface area contributed by atoms with E-state index in [0.717, 1.165) is 18.5 Å². The van der Waals surface area contributed by atoms with E-state index < -0.39 is 0 Å². The number of piperidine rings is 1. The zero-order chi connectivity index (χ0) is 10.1. The molecule has 82 valence electrons. The van der Waals surface area contributed by atoms with Gasteiger partial charge in [-0.25, -0.2) is 4.98 Å². The lowest BCUT2D eigenvalue weighted by molar-refractivity contribution is 0.312. The van der Waals surface area contributed by atoms with Crippen molar-refractivity contribution in [2.45, 2.75) is 25.4 Å². The third kappa shape index (κ3) is 2.07. The summed E-state index contributed by atoms with van der Waals surface area (Å²) in [5.41, 5.74) is 0. The average molecular weight is 223 g/mol. The first-order valence-corrected chi connectivity index (χ1v) is 6.64. The Hall–Kier alpha value is -0.450. The Morgan fingerprint density at radius 2 is 2.53 bits per heavy atom. The average Bonchev–Trinajstić information content (AvgIpc) is 2.86. The fraction of sp³-hybridized carbons (Fsp3) is 0.727. The van der Waals surface area contributed by atoms with Gasteiger partial charge in [-0.1, -0.05) is 0 Å². The fourth-order valence-electron chi connectivity index (χ4n) is 2.79. The summed E-state index contributed by atoms with van der Waals surface area (Å²) in [6, 6.07) is 0.749. The van der Waals surface area contributed by atoms with Crippen molar-refractivity contribution in [1.29, 1.82) is 0 Å². The summed E-state index contributed by atoms with van der Waals surface area (Å²) in [5, 5.41) is 6.96. The molecule has 0 unspecified atom stereocenters. The van der Waals surface area contributed by atoms with E-state index in [1.165, 1.54) is 37.5 Å². The molecule has 1 N–H and O–H groups in total. The highest BCUT2D eigenvalue weighted by Crippen LogP contribution is 2.26. The predicted octanol–water partition coefficient (Wildman–Crippen LogP) is 1.33. The van der Waals surface area contributed by atoms with Crippen molar-refractivity contribution in [1.82, 2.24) is 15.2 Å². The van der Waals surface area contributed by atoms with Crippen LogP contribution in [0.15, 0.2) is 11.6 Å². The molecule has 1 aromatic heterocycles. The summed E-state index contributed by atoms with van der Waals surface area (Å²) in [7, 11) is 0. The zero-order valence-electron chi connectivity index (χ0n) is 8.85. The van der Waals surface area contributed by atoms with E-state index in [0.29, 0.717) is 0 Å². The lowest BCUT2D eigenvalue weighted by Crippen LogP contribution is -2.40. The van der Waals surface area contributed by atoms with E-state index in [4.69, 9.17) is 0 Å². The molecule has 15 heavy (non-hydrogen) atoms. The Labute approximate surface area is 94.5 Å². The van der Waals surface area contributed by atoms with Crippen molar-refractivity contribution < 1.29 is 0 Å². The summed E-state index contributed by atoms with van der Waals surface area (Å²) in [6.45, 7) is 4.74. The largest absolute Gasteiger partial charge is 0.312 e. The van der Waals surface area contributed by atoms with Crippen LogP contribution in [0.3, 0.4) is 0 Å². The first-order valence-electron chi connectivity index (χ1n) is 5.76. The minimum Gasteiger partial charge on any atom is -0.312 e. The summed E-state index contributed by atoms with van der Waals surface area (Å²) >= 11 is 1.77. The molecule has 0 aromatic carbocycles. The summed E-state index contributed by atoms with van der Waals surface area (Å²) in [4.78, 5) is 6.90. The van der Waals surface area contributed by atoms with Crippen LogP contribution in [0, 0.1) is 5.92 Å². The van der Waals surface area contributed by atoms with Crippen LogP contribution in [0.25, 0.3) is 0 Å². The van der Waals surface area contributed by atoms with Gasteiger partial charge in [-0.3, -0.25) is 4.90 Å². The van der Waals surface area contributed by atoms with Crippen LogP contribution in [-0.2, 0) is 6.54 Å². The van der Waals surface area contributed by atoms with Gasteiger partial charge in [-0.05, 0) is 25.3 Å². The third-order valence-electron chi connectivity index (χ3n) is 3.52. The topological polar surface area (TPSA) is 28.2 Å². The molecule has 2 aliphatic rings. The predicted molar refractivity (Wildman–Crippen MR) is 61.9 cm³/mol. The van der Waals surface area contributed by atoms with Gasteiger partial charge in [-0.15, -0.1) is 11.3 Å². The SMILES string of the molecule is c1csc(CN2C[C@@H]3CCCN[C@@H]3C2)n1. The second-order valence-electron chi connectivity index (χ2n) is 4.58. The number of likely N-dealkylation sites (tertiary alicyclic amines) is 1. The van der Waals surface area contributed by atoms with Crippen molar-refractivity contribution in [3.63, 3.8) is 0 Å². The summed E-state index contributed by atoms with van der Waals surface area (Å²) < 4.78 is 0. The molecule has 2 fully saturated rings. The Bertz CT molecular complexity index is 298. The standard InChI is InChI=1S/C11H17N3S/c1-2-9-6-14(7-10(9)12-3-1)8-11-13-4-5-15-11/h4-5,9-10,12H,1-3,6-8H2/t9-,10+/m0/s1. The van der Waals surface area contributed by atoms with Crippen LogP contribution in [0.5, 0.6) is 0 Å². The van der Waals surface area contributed by atoms with Gasteiger partial charge >= 0.3 is 0 Å². The van der Waals surface area contributed by atoms with E-state index in [1.54, 1.807) is 11.3 Å². The molecule has 4 heteroatoms. The van der Waals surface area contributed by atoms with Gasteiger partial charge in [0.15, 0.2) is 0 Å². The molecule has 2 aliphatic heterocycles. The second-order valence-corrected chi connectivity index (χ2v) is 5.56. The van der Waals surface area contributed by atoms with Crippen molar-refractivity contribution in [3.05, 3.63) is 16.6 Å². The molecule has 1 aromatic rings. The molecule has 0 bridgehead atoms. The molecule has 0 saturated carbocycles. The second kappa shape index (κ2) is 4.20. The molecular formula is C11H17N3S. The van der Waals surface area contributed by atoms with Gasteiger partial charge in [0, 0.05) is 30.7 Å². The lowest BCUT2D eigenvalue weighted by Gasteiger charge is -2.24. The van der Waals surface area contributed by atoms with Crippen LogP contribution in [0.2, 0.25) is 0 Å². The van der Waals surface area contributed by atoms with Crippen LogP contribution in [0.4, 0.5) is 0 Å². The van der Waals surface area contributed by atoms with Gasteiger partial charge < -0.3 is 5.32 Å². The molecule has 0 spiro atoms. The maximum atomic E-state index is 4.35. The normalized spacial score (nSPS) is 31.7. The van der Waals surface area contributed by atoms with Crippen molar-refractivity contribution >= 4 is 11.3 Å². The Kier molecular flexibility index (Phi) is 2.73. The Morgan fingerprint density at radius 3 is 3.33 bits per heavy atom. The van der Waals surface area contributed by atoms with E-state index in [2.05, 4.69) is 20.6 Å². The highest BCUT2D eigenvalue weighted by molar-refractivity contribution is 7.09. The fourth-order valence-corrected chi connectivity index (χ4v) is 3.45. The van der Waals surface area contributed by atoms with E-state index in [1.807, 2.05) is 6.20 Å². The molecule has 0 radical (unpaired) electrons. The van der Waals surface area contributed by atoms with Gasteiger partial charge in [-0.2, -0.15) is 0 Å². The van der Waals surface area contributed by atoms with Crippen molar-refractivity contribution in [3.8, 4) is 0 Å². The summed E-state index contributed by atoms with van der Waals surface area (Å²) in [6.07, 6.45) is 4.67. The molecule has 2 saturated heterocycles. The lowest BCUT2D eigenvalue weighted by atomic mass is 9.94. The van der Waals surface area contributed by atoms with Gasteiger partial charge in [0.1, 0.15) is 5.01 Å². The Balaban J connectivity index is 1.60. The highest BCUT2D eigenvalue weighted by Gasteiger charge is 2.34. The van der Waals surface area contributed by atoms with Crippen molar-refractivity contribution in [2.75, 3.05) is 19.6 Å². The molecular weight excluding hydrogens is 206 g/mol. The number of thiazole rings is 1. The maximum Gasteiger partial charge on any atom is 0.107 e. The van der Waals surface area contributed by atoms with Crippen LogP contribution in [0.1, 0.15) is 17.8 Å². The number of fused-ring (bicyclic) bond motifs is 1. The van der Waals surface area contributed by atoms with Crippen LogP contribution >= 0.6 is 11.3 Å². The smallest absolute Gasteiger partial charge is 0.107 e. The number of aromatic nitrogens is 1. The van der Waals surface area contributed by atoms with Crippen molar-refractivity contribution in [2.24, 2.45) is 5.92 Å². The zero-order valence-corrected chi connectivity index (χ0v) is 9.67. The first kappa shape index (κ1) is 9.75. The quantitative estimate of drug-likeness (QED) is 0.820. The van der Waals surface area contributed by atoms with Crippen LogP contribution < -0.4 is 5.32 Å². The molecule has 0 amide bonds. The number of hydrogen-bond acceptors (Lipinski definition) is 4. The number of rotatable bonds is 2. The minimum absolute atomic E-state index is 0.749. The van der Waals surface area contributed by atoms with E-state index in [9.17, 15) is 0 Å². The molecule has 0 aliphatic carbocycles. The van der Waals surface area contributed by atoms with E-state index >= 15 is 0 Å². The van der Waals surface area contributed by atoms with Gasteiger partial charge in [0.25, 0.3) is 0 Å². The number of nitrogens with one attached hydrogen (secondary N) is 1. The highest BCUT2D eigenvalue weighted by atomic mass is 32.1. The molecule has 3 rings (SSSR count). The monoisotopic (exact) mass is 223 g/mol.